The summed E-state index contributed by atoms with van der Waals surface area (Å²) >= 11 is 5.81. The van der Waals surface area contributed by atoms with E-state index in [4.69, 9.17) is 11.6 Å². The SMILES string of the molecule is Cc1ccc(C)n1NC(=O)C(=O)Nc1cccc(Cl)c1. The fourth-order valence-corrected chi connectivity index (χ4v) is 1.94. The van der Waals surface area contributed by atoms with Gasteiger partial charge in [-0.05, 0) is 44.2 Å². The van der Waals surface area contributed by atoms with E-state index in [1.807, 2.05) is 26.0 Å². The van der Waals surface area contributed by atoms with Gasteiger partial charge in [0.1, 0.15) is 0 Å². The molecule has 2 amide bonds. The van der Waals surface area contributed by atoms with Gasteiger partial charge in [-0.15, -0.1) is 0 Å². The molecule has 0 aliphatic heterocycles. The van der Waals surface area contributed by atoms with Gasteiger partial charge < -0.3 is 5.32 Å². The minimum atomic E-state index is -0.750. The van der Waals surface area contributed by atoms with E-state index in [2.05, 4.69) is 10.7 Å². The Morgan fingerprint density at radius 3 is 2.30 bits per heavy atom. The lowest BCUT2D eigenvalue weighted by atomic mass is 10.3. The molecule has 0 spiro atoms. The maximum Gasteiger partial charge on any atom is 0.328 e. The highest BCUT2D eigenvalue weighted by molar-refractivity contribution is 6.42. The number of rotatable bonds is 2. The van der Waals surface area contributed by atoms with E-state index in [9.17, 15) is 9.59 Å². The highest BCUT2D eigenvalue weighted by Crippen LogP contribution is 2.14. The highest BCUT2D eigenvalue weighted by Gasteiger charge is 2.15. The van der Waals surface area contributed by atoms with Crippen LogP contribution in [0, 0.1) is 13.8 Å². The normalized spacial score (nSPS) is 10.2. The molecular weight excluding hydrogens is 278 g/mol. The van der Waals surface area contributed by atoms with Gasteiger partial charge in [0.15, 0.2) is 0 Å². The van der Waals surface area contributed by atoms with Crippen molar-refractivity contribution >= 4 is 29.1 Å². The predicted molar refractivity (Wildman–Crippen MR) is 78.4 cm³/mol. The summed E-state index contributed by atoms with van der Waals surface area (Å²) in [5.41, 5.74) is 4.68. The van der Waals surface area contributed by atoms with Gasteiger partial charge >= 0.3 is 11.8 Å². The third-order valence-electron chi connectivity index (χ3n) is 2.77. The lowest BCUT2D eigenvalue weighted by Crippen LogP contribution is -2.35. The van der Waals surface area contributed by atoms with Crippen LogP contribution in [0.2, 0.25) is 5.02 Å². The zero-order valence-corrected chi connectivity index (χ0v) is 11.9. The molecule has 0 aliphatic carbocycles. The van der Waals surface area contributed by atoms with E-state index in [1.54, 1.807) is 28.9 Å². The summed E-state index contributed by atoms with van der Waals surface area (Å²) in [5, 5.41) is 2.97. The van der Waals surface area contributed by atoms with E-state index in [0.717, 1.165) is 11.4 Å². The van der Waals surface area contributed by atoms with E-state index in [1.165, 1.54) is 0 Å². The second kappa shape index (κ2) is 5.79. The van der Waals surface area contributed by atoms with Crippen molar-refractivity contribution in [3.05, 3.63) is 52.8 Å². The molecule has 5 nitrogen and oxygen atoms in total. The number of nitrogens with zero attached hydrogens (tertiary/aromatic N) is 1. The first-order valence-electron chi connectivity index (χ1n) is 6.00. The molecule has 104 valence electrons. The van der Waals surface area contributed by atoms with Crippen LogP contribution < -0.4 is 10.7 Å². The van der Waals surface area contributed by atoms with Gasteiger partial charge in [-0.1, -0.05) is 17.7 Å². The third kappa shape index (κ3) is 3.19. The molecule has 0 saturated heterocycles. The van der Waals surface area contributed by atoms with Gasteiger partial charge in [0.2, 0.25) is 0 Å². The average Bonchev–Trinajstić information content (AvgIpc) is 2.70. The van der Waals surface area contributed by atoms with Gasteiger partial charge in [0.25, 0.3) is 0 Å². The molecule has 0 aliphatic rings. The molecule has 6 heteroatoms. The Morgan fingerprint density at radius 1 is 1.05 bits per heavy atom. The van der Waals surface area contributed by atoms with E-state index in [-0.39, 0.29) is 0 Å². The van der Waals surface area contributed by atoms with Crippen LogP contribution in [0.25, 0.3) is 0 Å². The van der Waals surface area contributed by atoms with Crippen molar-refractivity contribution in [2.24, 2.45) is 0 Å². The van der Waals surface area contributed by atoms with Crippen molar-refractivity contribution in [1.29, 1.82) is 0 Å². The topological polar surface area (TPSA) is 63.1 Å². The quantitative estimate of drug-likeness (QED) is 0.835. The van der Waals surface area contributed by atoms with Gasteiger partial charge in [-0.2, -0.15) is 0 Å². The molecule has 0 radical (unpaired) electrons. The Bertz CT molecular complexity index is 645. The summed E-state index contributed by atoms with van der Waals surface area (Å²) in [7, 11) is 0. The molecule has 0 atom stereocenters. The molecule has 2 rings (SSSR count). The number of nitrogens with one attached hydrogen (secondary N) is 2. The summed E-state index contributed by atoms with van der Waals surface area (Å²) < 4.78 is 1.56. The first kappa shape index (κ1) is 14.1. The number of aryl methyl sites for hydroxylation is 2. The predicted octanol–water partition coefficient (Wildman–Crippen LogP) is 2.47. The molecule has 1 aromatic heterocycles. The second-order valence-electron chi connectivity index (χ2n) is 4.36. The van der Waals surface area contributed by atoms with Crippen LogP contribution in [0.15, 0.2) is 36.4 Å². The molecule has 20 heavy (non-hydrogen) atoms. The lowest BCUT2D eigenvalue weighted by molar-refractivity contribution is -0.133. The number of benzene rings is 1. The zero-order chi connectivity index (χ0) is 14.7. The fraction of sp³-hybridized carbons (Fsp3) is 0.143. The summed E-state index contributed by atoms with van der Waals surface area (Å²) in [6.07, 6.45) is 0. The van der Waals surface area contributed by atoms with Crippen LogP contribution in [0.1, 0.15) is 11.4 Å². The number of hydrogen-bond donors (Lipinski definition) is 2. The minimum Gasteiger partial charge on any atom is -0.318 e. The first-order chi connectivity index (χ1) is 9.47. The number of hydrogen-bond acceptors (Lipinski definition) is 2. The highest BCUT2D eigenvalue weighted by atomic mass is 35.5. The van der Waals surface area contributed by atoms with E-state index in [0.29, 0.717) is 10.7 Å². The Morgan fingerprint density at radius 2 is 1.70 bits per heavy atom. The number of halogens is 1. The Labute approximate surface area is 121 Å². The largest absolute Gasteiger partial charge is 0.328 e. The van der Waals surface area contributed by atoms with Crippen LogP contribution in [0.5, 0.6) is 0 Å². The van der Waals surface area contributed by atoms with Gasteiger partial charge in [-0.25, -0.2) is 0 Å². The number of amides is 2. The molecule has 0 saturated carbocycles. The van der Waals surface area contributed by atoms with Crippen LogP contribution in [-0.2, 0) is 9.59 Å². The van der Waals surface area contributed by atoms with Crippen molar-refractivity contribution in [2.75, 3.05) is 10.7 Å². The van der Waals surface area contributed by atoms with Crippen molar-refractivity contribution < 1.29 is 9.59 Å². The summed E-state index contributed by atoms with van der Waals surface area (Å²) in [6, 6.07) is 10.3. The van der Waals surface area contributed by atoms with Gasteiger partial charge in [0.05, 0.1) is 0 Å². The number of aromatic nitrogens is 1. The number of carbonyl (C=O) groups excluding carboxylic acids is 2. The van der Waals surface area contributed by atoms with Crippen LogP contribution in [-0.4, -0.2) is 16.5 Å². The lowest BCUT2D eigenvalue weighted by Gasteiger charge is -2.11. The summed E-state index contributed by atoms with van der Waals surface area (Å²) in [5.74, 6) is -1.49. The molecule has 0 bridgehead atoms. The molecule has 0 unspecified atom stereocenters. The number of carbonyl (C=O) groups is 2. The summed E-state index contributed by atoms with van der Waals surface area (Å²) in [4.78, 5) is 23.6. The third-order valence-corrected chi connectivity index (χ3v) is 3.01. The zero-order valence-electron chi connectivity index (χ0n) is 11.1. The van der Waals surface area contributed by atoms with Crippen molar-refractivity contribution in [1.82, 2.24) is 4.68 Å². The Balaban J connectivity index is 2.05. The van der Waals surface area contributed by atoms with E-state index < -0.39 is 11.8 Å². The maximum absolute atomic E-state index is 11.8. The van der Waals surface area contributed by atoms with E-state index >= 15 is 0 Å². The minimum absolute atomic E-state index is 0.471. The van der Waals surface area contributed by atoms with Gasteiger partial charge in [-0.3, -0.25) is 19.7 Å². The smallest absolute Gasteiger partial charge is 0.318 e. The maximum atomic E-state index is 11.8. The molecule has 0 fully saturated rings. The monoisotopic (exact) mass is 291 g/mol. The van der Waals surface area contributed by atoms with Crippen LogP contribution in [0.4, 0.5) is 5.69 Å². The first-order valence-corrected chi connectivity index (χ1v) is 6.38. The molecule has 1 aromatic carbocycles. The van der Waals surface area contributed by atoms with Crippen LogP contribution >= 0.6 is 11.6 Å². The fourth-order valence-electron chi connectivity index (χ4n) is 1.75. The van der Waals surface area contributed by atoms with Gasteiger partial charge in [0, 0.05) is 22.1 Å². The van der Waals surface area contributed by atoms with Crippen LogP contribution in [0.3, 0.4) is 0 Å². The second-order valence-corrected chi connectivity index (χ2v) is 4.79. The van der Waals surface area contributed by atoms with Crippen molar-refractivity contribution in [2.45, 2.75) is 13.8 Å². The van der Waals surface area contributed by atoms with Crippen molar-refractivity contribution in [3.8, 4) is 0 Å². The molecule has 2 N–H and O–H groups in total. The molecular formula is C14H14ClN3O2. The Hall–Kier alpha value is -2.27. The summed E-state index contributed by atoms with van der Waals surface area (Å²) in [6.45, 7) is 3.67. The molecule has 2 aromatic rings. The average molecular weight is 292 g/mol. The Kier molecular flexibility index (Phi) is 4.10. The van der Waals surface area contributed by atoms with Crippen molar-refractivity contribution in [3.63, 3.8) is 0 Å². The molecule has 1 heterocycles. The standard InChI is InChI=1S/C14H14ClN3O2/c1-9-6-7-10(2)18(9)17-14(20)13(19)16-12-5-3-4-11(15)8-12/h3-8H,1-2H3,(H,16,19)(H,17,20). The number of anilines is 1.